The zero-order chi connectivity index (χ0) is 13.5. The van der Waals surface area contributed by atoms with Crippen LogP contribution in [-0.2, 0) is 6.42 Å². The minimum Gasteiger partial charge on any atom is -0.467 e. The number of hydrogen-bond acceptors (Lipinski definition) is 8. The van der Waals surface area contributed by atoms with Crippen molar-refractivity contribution < 1.29 is 4.74 Å². The van der Waals surface area contributed by atoms with Gasteiger partial charge < -0.3 is 10.1 Å². The number of ether oxygens (including phenoxy) is 1. The van der Waals surface area contributed by atoms with Gasteiger partial charge in [0, 0.05) is 18.9 Å². The van der Waals surface area contributed by atoms with Gasteiger partial charge in [0.05, 0.1) is 7.11 Å². The highest BCUT2D eigenvalue weighted by atomic mass is 16.5. The van der Waals surface area contributed by atoms with E-state index in [1.807, 2.05) is 18.3 Å². The van der Waals surface area contributed by atoms with Gasteiger partial charge in [0.2, 0.25) is 11.9 Å². The van der Waals surface area contributed by atoms with Gasteiger partial charge in [0.15, 0.2) is 0 Å². The lowest BCUT2D eigenvalue weighted by atomic mass is 10.2. The molecule has 0 radical (unpaired) electrons. The van der Waals surface area contributed by atoms with Crippen LogP contribution in [0, 0.1) is 0 Å². The topological polar surface area (TPSA) is 111 Å². The molecule has 0 amide bonds. The Morgan fingerprint density at radius 2 is 2.11 bits per heavy atom. The van der Waals surface area contributed by atoms with Crippen LogP contribution in [0.4, 0.5) is 11.9 Å². The van der Waals surface area contributed by atoms with Gasteiger partial charge in [0.25, 0.3) is 0 Å². The smallest absolute Gasteiger partial charge is 0.322 e. The van der Waals surface area contributed by atoms with Crippen LogP contribution in [0.25, 0.3) is 0 Å². The van der Waals surface area contributed by atoms with Crippen molar-refractivity contribution in [2.24, 2.45) is 5.84 Å². The number of nitrogens with zero attached hydrogens (tertiary/aromatic N) is 4. The highest BCUT2D eigenvalue weighted by molar-refractivity contribution is 5.35. The first-order chi connectivity index (χ1) is 9.31. The van der Waals surface area contributed by atoms with Gasteiger partial charge in [-0.25, -0.2) is 5.84 Å². The van der Waals surface area contributed by atoms with Crippen molar-refractivity contribution in [1.82, 2.24) is 19.9 Å². The minimum atomic E-state index is 0.201. The van der Waals surface area contributed by atoms with Crippen LogP contribution in [-0.4, -0.2) is 33.6 Å². The SMILES string of the molecule is COc1nc(NN)nc(NCCc2cccnc2)n1. The molecule has 0 aromatic carbocycles. The molecule has 0 fully saturated rings. The normalized spacial score (nSPS) is 10.0. The van der Waals surface area contributed by atoms with Crippen LogP contribution >= 0.6 is 0 Å². The largest absolute Gasteiger partial charge is 0.467 e. The summed E-state index contributed by atoms with van der Waals surface area (Å²) in [5.74, 6) is 5.92. The third kappa shape index (κ3) is 3.75. The van der Waals surface area contributed by atoms with Crippen molar-refractivity contribution in [3.63, 3.8) is 0 Å². The molecule has 19 heavy (non-hydrogen) atoms. The average Bonchev–Trinajstić information content (AvgIpc) is 2.48. The van der Waals surface area contributed by atoms with Crippen molar-refractivity contribution in [3.8, 4) is 6.01 Å². The molecule has 0 spiro atoms. The fourth-order valence-electron chi connectivity index (χ4n) is 1.46. The van der Waals surface area contributed by atoms with Gasteiger partial charge in [-0.3, -0.25) is 10.4 Å². The van der Waals surface area contributed by atoms with Gasteiger partial charge >= 0.3 is 6.01 Å². The van der Waals surface area contributed by atoms with Crippen molar-refractivity contribution >= 4 is 11.9 Å². The Bertz CT molecular complexity index is 497. The van der Waals surface area contributed by atoms with Crippen LogP contribution in [0.1, 0.15) is 5.56 Å². The lowest BCUT2D eigenvalue weighted by Crippen LogP contribution is -2.15. The van der Waals surface area contributed by atoms with Crippen LogP contribution in [0.15, 0.2) is 24.5 Å². The molecule has 4 N–H and O–H groups in total. The lowest BCUT2D eigenvalue weighted by Gasteiger charge is -2.07. The number of nitrogens with one attached hydrogen (secondary N) is 2. The predicted molar refractivity (Wildman–Crippen MR) is 70.6 cm³/mol. The van der Waals surface area contributed by atoms with Crippen LogP contribution in [0.3, 0.4) is 0 Å². The van der Waals surface area contributed by atoms with E-state index in [1.165, 1.54) is 7.11 Å². The van der Waals surface area contributed by atoms with E-state index in [-0.39, 0.29) is 12.0 Å². The lowest BCUT2D eigenvalue weighted by molar-refractivity contribution is 0.379. The van der Waals surface area contributed by atoms with Crippen molar-refractivity contribution in [1.29, 1.82) is 0 Å². The maximum atomic E-state index is 5.27. The zero-order valence-corrected chi connectivity index (χ0v) is 10.5. The summed E-state index contributed by atoms with van der Waals surface area (Å²) >= 11 is 0. The van der Waals surface area contributed by atoms with Gasteiger partial charge in [-0.2, -0.15) is 15.0 Å². The quantitative estimate of drug-likeness (QED) is 0.500. The Balaban J connectivity index is 1.95. The summed E-state index contributed by atoms with van der Waals surface area (Å²) in [5.41, 5.74) is 3.49. The fraction of sp³-hybridized carbons (Fsp3) is 0.273. The van der Waals surface area contributed by atoms with Gasteiger partial charge in [-0.05, 0) is 18.1 Å². The van der Waals surface area contributed by atoms with E-state index < -0.39 is 0 Å². The predicted octanol–water partition coefficient (Wildman–Crippen LogP) is 0.215. The first kappa shape index (κ1) is 13.0. The molecule has 0 saturated carbocycles. The number of nitrogens with two attached hydrogens (primary N) is 1. The van der Waals surface area contributed by atoms with E-state index in [0.717, 1.165) is 12.0 Å². The number of hydrogen-bond donors (Lipinski definition) is 3. The maximum absolute atomic E-state index is 5.27. The standard InChI is InChI=1S/C11H15N7O/c1-19-11-16-9(15-10(17-11)18-12)14-6-4-8-3-2-5-13-7-8/h2-3,5,7H,4,6,12H2,1H3,(H2,14,15,16,17,18). The number of aromatic nitrogens is 4. The van der Waals surface area contributed by atoms with Gasteiger partial charge in [-0.1, -0.05) is 6.07 Å². The molecule has 2 aromatic heterocycles. The molecule has 0 aliphatic rings. The number of pyridine rings is 1. The second-order valence-corrected chi connectivity index (χ2v) is 3.65. The monoisotopic (exact) mass is 261 g/mol. The number of methoxy groups -OCH3 is 1. The molecule has 0 aliphatic heterocycles. The summed E-state index contributed by atoms with van der Waals surface area (Å²) in [6, 6.07) is 4.11. The van der Waals surface area contributed by atoms with Crippen LogP contribution in [0.2, 0.25) is 0 Å². The van der Waals surface area contributed by atoms with E-state index in [4.69, 9.17) is 10.6 Å². The second kappa shape index (κ2) is 6.45. The minimum absolute atomic E-state index is 0.201. The maximum Gasteiger partial charge on any atom is 0.322 e. The Kier molecular flexibility index (Phi) is 4.40. The number of rotatable bonds is 6. The zero-order valence-electron chi connectivity index (χ0n) is 10.5. The van der Waals surface area contributed by atoms with E-state index in [0.29, 0.717) is 12.5 Å². The summed E-state index contributed by atoms with van der Waals surface area (Å²) in [6.07, 6.45) is 4.38. The molecule has 0 aliphatic carbocycles. The Morgan fingerprint density at radius 3 is 2.79 bits per heavy atom. The molecule has 2 rings (SSSR count). The van der Waals surface area contributed by atoms with E-state index in [2.05, 4.69) is 30.7 Å². The second-order valence-electron chi connectivity index (χ2n) is 3.65. The third-order valence-electron chi connectivity index (χ3n) is 2.35. The van der Waals surface area contributed by atoms with E-state index >= 15 is 0 Å². The summed E-state index contributed by atoms with van der Waals surface area (Å²) in [7, 11) is 1.48. The van der Waals surface area contributed by atoms with Crippen molar-refractivity contribution in [3.05, 3.63) is 30.1 Å². The van der Waals surface area contributed by atoms with Crippen LogP contribution < -0.4 is 21.3 Å². The highest BCUT2D eigenvalue weighted by Crippen LogP contribution is 2.09. The number of hydrazine groups is 1. The molecule has 0 bridgehead atoms. The molecular formula is C11H15N7O. The first-order valence-electron chi connectivity index (χ1n) is 5.71. The molecule has 100 valence electrons. The average molecular weight is 261 g/mol. The molecule has 2 aromatic rings. The molecule has 0 saturated heterocycles. The molecule has 0 atom stereocenters. The summed E-state index contributed by atoms with van der Waals surface area (Å²) in [5, 5.41) is 3.08. The highest BCUT2D eigenvalue weighted by Gasteiger charge is 2.05. The van der Waals surface area contributed by atoms with Gasteiger partial charge in [0.1, 0.15) is 0 Å². The molecule has 8 nitrogen and oxygen atoms in total. The molecule has 8 heteroatoms. The summed E-state index contributed by atoms with van der Waals surface area (Å²) in [6.45, 7) is 0.670. The van der Waals surface area contributed by atoms with E-state index in [9.17, 15) is 0 Å². The first-order valence-corrected chi connectivity index (χ1v) is 5.71. The van der Waals surface area contributed by atoms with Crippen LogP contribution in [0.5, 0.6) is 6.01 Å². The Hall–Kier alpha value is -2.48. The van der Waals surface area contributed by atoms with Crippen molar-refractivity contribution in [2.45, 2.75) is 6.42 Å². The summed E-state index contributed by atoms with van der Waals surface area (Å²) in [4.78, 5) is 16.1. The fourth-order valence-corrected chi connectivity index (χ4v) is 1.46. The van der Waals surface area contributed by atoms with E-state index in [1.54, 1.807) is 6.20 Å². The Morgan fingerprint density at radius 1 is 1.26 bits per heavy atom. The van der Waals surface area contributed by atoms with Crippen molar-refractivity contribution in [2.75, 3.05) is 24.4 Å². The molecular weight excluding hydrogens is 246 g/mol. The summed E-state index contributed by atoms with van der Waals surface area (Å²) < 4.78 is 4.95. The number of nitrogen functional groups attached to an aromatic ring is 1. The molecule has 2 heterocycles. The number of anilines is 2. The Labute approximate surface area is 110 Å². The van der Waals surface area contributed by atoms with Gasteiger partial charge in [-0.15, -0.1) is 0 Å². The molecule has 0 unspecified atom stereocenters. The third-order valence-corrected chi connectivity index (χ3v) is 2.35.